The molecular formula is C23H18N6O. The monoisotopic (exact) mass is 394 g/mol. The van der Waals surface area contributed by atoms with Crippen molar-refractivity contribution in [2.45, 2.75) is 6.92 Å². The summed E-state index contributed by atoms with van der Waals surface area (Å²) in [5.41, 5.74) is 3.62. The Kier molecular flexibility index (Phi) is 4.33. The summed E-state index contributed by atoms with van der Waals surface area (Å²) in [5, 5.41) is 21.2. The zero-order valence-electron chi connectivity index (χ0n) is 16.2. The maximum atomic E-state index is 12.5. The summed E-state index contributed by atoms with van der Waals surface area (Å²) in [6.07, 6.45) is 0. The molecule has 0 saturated carbocycles. The number of nitrogens with zero attached hydrogens (tertiary/aromatic N) is 4. The molecule has 7 nitrogen and oxygen atoms in total. The van der Waals surface area contributed by atoms with Gasteiger partial charge in [0.15, 0.2) is 11.5 Å². The van der Waals surface area contributed by atoms with Crippen molar-refractivity contribution >= 4 is 33.8 Å². The maximum absolute atomic E-state index is 12.5. The van der Waals surface area contributed by atoms with Crippen LogP contribution in [0.3, 0.4) is 0 Å². The van der Waals surface area contributed by atoms with E-state index in [1.807, 2.05) is 85.8 Å². The van der Waals surface area contributed by atoms with Crippen molar-refractivity contribution in [1.82, 2.24) is 19.8 Å². The molecule has 5 rings (SSSR count). The van der Waals surface area contributed by atoms with Crippen molar-refractivity contribution in [3.8, 4) is 11.4 Å². The van der Waals surface area contributed by atoms with Gasteiger partial charge in [-0.2, -0.15) is 9.61 Å². The highest BCUT2D eigenvalue weighted by atomic mass is 16.2. The molecule has 0 fully saturated rings. The summed E-state index contributed by atoms with van der Waals surface area (Å²) < 4.78 is 1.73. The van der Waals surface area contributed by atoms with Gasteiger partial charge < -0.3 is 10.6 Å². The lowest BCUT2D eigenvalue weighted by atomic mass is 10.1. The zero-order valence-corrected chi connectivity index (χ0v) is 16.2. The van der Waals surface area contributed by atoms with Crippen molar-refractivity contribution in [3.63, 3.8) is 0 Å². The maximum Gasteiger partial charge on any atom is 0.323 e. The van der Waals surface area contributed by atoms with E-state index in [-0.39, 0.29) is 6.03 Å². The number of benzene rings is 3. The predicted octanol–water partition coefficient (Wildman–Crippen LogP) is 4.90. The van der Waals surface area contributed by atoms with Crippen LogP contribution in [0, 0.1) is 6.92 Å². The van der Waals surface area contributed by atoms with E-state index in [4.69, 9.17) is 5.10 Å². The third-order valence-corrected chi connectivity index (χ3v) is 4.90. The molecule has 7 heteroatoms. The number of aromatic nitrogens is 4. The van der Waals surface area contributed by atoms with Crippen LogP contribution < -0.4 is 10.6 Å². The van der Waals surface area contributed by atoms with Gasteiger partial charge >= 0.3 is 6.03 Å². The van der Waals surface area contributed by atoms with Crippen molar-refractivity contribution in [1.29, 1.82) is 0 Å². The topological polar surface area (TPSA) is 84.2 Å². The van der Waals surface area contributed by atoms with Gasteiger partial charge in [-0.05, 0) is 31.2 Å². The minimum absolute atomic E-state index is 0.336. The smallest absolute Gasteiger partial charge is 0.308 e. The highest BCUT2D eigenvalue weighted by molar-refractivity contribution is 6.02. The molecule has 5 aromatic rings. The third kappa shape index (κ3) is 3.12. The fourth-order valence-corrected chi connectivity index (χ4v) is 3.50. The molecule has 0 saturated heterocycles. The first kappa shape index (κ1) is 17.8. The Balaban J connectivity index is 1.55. The van der Waals surface area contributed by atoms with Crippen LogP contribution in [0.5, 0.6) is 0 Å². The average molecular weight is 394 g/mol. The molecule has 0 radical (unpaired) electrons. The van der Waals surface area contributed by atoms with E-state index in [0.717, 1.165) is 22.0 Å². The van der Waals surface area contributed by atoms with Crippen molar-refractivity contribution in [2.75, 3.05) is 10.6 Å². The number of fused-ring (bicyclic) bond motifs is 3. The molecular weight excluding hydrogens is 376 g/mol. The average Bonchev–Trinajstić information content (AvgIpc) is 3.19. The normalized spacial score (nSPS) is 11.0. The van der Waals surface area contributed by atoms with E-state index < -0.39 is 0 Å². The minimum Gasteiger partial charge on any atom is -0.308 e. The molecule has 0 spiro atoms. The summed E-state index contributed by atoms with van der Waals surface area (Å²) in [5.74, 6) is 0.564. The summed E-state index contributed by atoms with van der Waals surface area (Å²) >= 11 is 0. The Bertz CT molecular complexity index is 1380. The van der Waals surface area contributed by atoms with Crippen LogP contribution in [0.4, 0.5) is 16.2 Å². The van der Waals surface area contributed by atoms with Crippen molar-refractivity contribution < 1.29 is 4.79 Å². The van der Waals surface area contributed by atoms with E-state index in [9.17, 15) is 4.79 Å². The van der Waals surface area contributed by atoms with Crippen LogP contribution in [-0.4, -0.2) is 25.8 Å². The number of hydrogen-bond acceptors (Lipinski definition) is 4. The van der Waals surface area contributed by atoms with Gasteiger partial charge in [0.05, 0.1) is 11.4 Å². The molecule has 0 unspecified atom stereocenters. The second-order valence-electron chi connectivity index (χ2n) is 6.88. The Hall–Kier alpha value is -4.26. The number of para-hydroxylation sites is 2. The van der Waals surface area contributed by atoms with E-state index in [2.05, 4.69) is 20.8 Å². The molecule has 3 aromatic carbocycles. The molecule has 0 aliphatic heterocycles. The molecule has 2 heterocycles. The van der Waals surface area contributed by atoms with Gasteiger partial charge in [0, 0.05) is 22.0 Å². The zero-order chi connectivity index (χ0) is 20.5. The summed E-state index contributed by atoms with van der Waals surface area (Å²) in [4.78, 5) is 12.5. The fraction of sp³-hybridized carbons (Fsp3) is 0.0435. The lowest BCUT2D eigenvalue weighted by molar-refractivity contribution is 0.262. The first-order valence-electron chi connectivity index (χ1n) is 9.54. The van der Waals surface area contributed by atoms with Gasteiger partial charge in [0.2, 0.25) is 0 Å². The van der Waals surface area contributed by atoms with Crippen LogP contribution >= 0.6 is 0 Å². The second kappa shape index (κ2) is 7.29. The number of nitrogens with one attached hydrogen (secondary N) is 2. The molecule has 2 N–H and O–H groups in total. The lowest BCUT2D eigenvalue weighted by Gasteiger charge is -2.11. The largest absolute Gasteiger partial charge is 0.323 e. The Morgan fingerprint density at radius 3 is 2.33 bits per heavy atom. The SMILES string of the molecule is Cc1nn2c(-c3ccccc3NC(=O)Nc3ccccc3)nnc2c2ccccc12. The van der Waals surface area contributed by atoms with Crippen LogP contribution in [0.15, 0.2) is 78.9 Å². The van der Waals surface area contributed by atoms with E-state index in [1.165, 1.54) is 0 Å². The highest BCUT2D eigenvalue weighted by Crippen LogP contribution is 2.29. The number of anilines is 2. The van der Waals surface area contributed by atoms with Gasteiger partial charge in [0.1, 0.15) is 0 Å². The Morgan fingerprint density at radius 2 is 1.50 bits per heavy atom. The molecule has 30 heavy (non-hydrogen) atoms. The van der Waals surface area contributed by atoms with Crippen molar-refractivity contribution in [2.24, 2.45) is 0 Å². The number of aryl methyl sites for hydroxylation is 1. The standard InChI is InChI=1S/C23H18N6O/c1-15-17-11-5-6-12-18(17)21-26-27-22(29(21)28-15)19-13-7-8-14-20(19)25-23(30)24-16-9-3-2-4-10-16/h2-14H,1H3,(H2,24,25,30). The molecule has 0 aliphatic carbocycles. The second-order valence-corrected chi connectivity index (χ2v) is 6.88. The van der Waals surface area contributed by atoms with Gasteiger partial charge in [-0.25, -0.2) is 4.79 Å². The first-order valence-corrected chi connectivity index (χ1v) is 9.54. The van der Waals surface area contributed by atoms with E-state index >= 15 is 0 Å². The number of rotatable bonds is 3. The van der Waals surface area contributed by atoms with Gasteiger partial charge in [-0.1, -0.05) is 54.6 Å². The molecule has 0 bridgehead atoms. The fourth-order valence-electron chi connectivity index (χ4n) is 3.50. The number of hydrogen-bond donors (Lipinski definition) is 2. The van der Waals surface area contributed by atoms with Crippen LogP contribution in [0.2, 0.25) is 0 Å². The molecule has 2 aromatic heterocycles. The van der Waals surface area contributed by atoms with Crippen LogP contribution in [-0.2, 0) is 0 Å². The van der Waals surface area contributed by atoms with Crippen LogP contribution in [0.1, 0.15) is 5.69 Å². The van der Waals surface area contributed by atoms with Gasteiger partial charge in [-0.15, -0.1) is 10.2 Å². The van der Waals surface area contributed by atoms with Gasteiger partial charge in [-0.3, -0.25) is 0 Å². The number of carbonyl (C=O) groups excluding carboxylic acids is 1. The number of amides is 2. The minimum atomic E-state index is -0.336. The van der Waals surface area contributed by atoms with Gasteiger partial charge in [0.25, 0.3) is 0 Å². The highest BCUT2D eigenvalue weighted by Gasteiger charge is 2.17. The Morgan fingerprint density at radius 1 is 0.800 bits per heavy atom. The Labute approximate surface area is 172 Å². The summed E-state index contributed by atoms with van der Waals surface area (Å²) in [7, 11) is 0. The number of carbonyl (C=O) groups is 1. The van der Waals surface area contributed by atoms with E-state index in [1.54, 1.807) is 4.52 Å². The van der Waals surface area contributed by atoms with Crippen LogP contribution in [0.25, 0.3) is 27.8 Å². The quantitative estimate of drug-likeness (QED) is 0.456. The molecule has 146 valence electrons. The van der Waals surface area contributed by atoms with Crippen molar-refractivity contribution in [3.05, 3.63) is 84.6 Å². The third-order valence-electron chi connectivity index (χ3n) is 4.90. The summed E-state index contributed by atoms with van der Waals surface area (Å²) in [6, 6.07) is 24.4. The molecule has 2 amide bonds. The molecule has 0 atom stereocenters. The number of urea groups is 1. The molecule has 0 aliphatic rings. The predicted molar refractivity (Wildman–Crippen MR) is 118 cm³/mol. The first-order chi connectivity index (χ1) is 14.7. The van der Waals surface area contributed by atoms with E-state index in [0.29, 0.717) is 22.8 Å². The summed E-state index contributed by atoms with van der Waals surface area (Å²) in [6.45, 7) is 1.96. The lowest BCUT2D eigenvalue weighted by Crippen LogP contribution is -2.20.